The smallest absolute Gasteiger partial charge is 0.347 e. The number of carbonyl (C=O) groups is 3. The van der Waals surface area contributed by atoms with Crippen molar-refractivity contribution in [3.8, 4) is 0 Å². The molecule has 3 rings (SSSR count). The molecule has 0 radical (unpaired) electrons. The van der Waals surface area contributed by atoms with Gasteiger partial charge < -0.3 is 24.1 Å². The van der Waals surface area contributed by atoms with Crippen LogP contribution in [0.3, 0.4) is 0 Å². The monoisotopic (exact) mass is 448 g/mol. The number of esters is 2. The van der Waals surface area contributed by atoms with Gasteiger partial charge in [0.15, 0.2) is 0 Å². The first-order valence-electron chi connectivity index (χ1n) is 9.35. The molecule has 0 amide bonds. The molecule has 168 valence electrons. The van der Waals surface area contributed by atoms with Crippen molar-refractivity contribution in [2.75, 3.05) is 6.61 Å². The maximum absolute atomic E-state index is 14.9. The molecule has 10 heteroatoms. The van der Waals surface area contributed by atoms with Crippen molar-refractivity contribution in [2.45, 2.75) is 24.4 Å². The summed E-state index contributed by atoms with van der Waals surface area (Å²) in [6.07, 6.45) is -5.00. The Morgan fingerprint density at radius 3 is 2.09 bits per heavy atom. The second-order valence-electron chi connectivity index (χ2n) is 6.61. The summed E-state index contributed by atoms with van der Waals surface area (Å²) in [4.78, 5) is 35.1. The van der Waals surface area contributed by atoms with Crippen LogP contribution in [0.15, 0.2) is 73.0 Å². The second-order valence-corrected chi connectivity index (χ2v) is 6.61. The van der Waals surface area contributed by atoms with Gasteiger partial charge in [-0.3, -0.25) is 0 Å². The molecule has 8 nitrogen and oxygen atoms in total. The Bertz CT molecular complexity index is 978. The third-order valence-electron chi connectivity index (χ3n) is 4.37. The summed E-state index contributed by atoms with van der Waals surface area (Å²) < 4.78 is 49.7. The highest BCUT2D eigenvalue weighted by Gasteiger charge is 2.63. The topological polar surface area (TPSA) is 108 Å². The molecule has 1 saturated heterocycles. The van der Waals surface area contributed by atoms with E-state index in [0.717, 1.165) is 0 Å². The summed E-state index contributed by atoms with van der Waals surface area (Å²) in [7, 11) is 0. The number of aliphatic carboxylic acids is 1. The van der Waals surface area contributed by atoms with E-state index in [4.69, 9.17) is 24.1 Å². The third-order valence-corrected chi connectivity index (χ3v) is 4.37. The van der Waals surface area contributed by atoms with Crippen LogP contribution < -0.4 is 0 Å². The molecule has 1 unspecified atom stereocenters. The standard InChI is InChI=1S/C22H18F2O8/c23-22(24)18(32-20(28)15-9-5-2-6-10-15)16(31-21(22)29-12-11-17(25)26)13-30-19(27)14-7-3-1-4-8-14/h1-12,16,18,21H,13H2,(H,25,26)/t16-,18-,21?/m1/s1. The van der Waals surface area contributed by atoms with Gasteiger partial charge in [-0.2, -0.15) is 8.78 Å². The molecule has 0 bridgehead atoms. The molecule has 0 aliphatic carbocycles. The zero-order valence-corrected chi connectivity index (χ0v) is 16.4. The lowest BCUT2D eigenvalue weighted by Gasteiger charge is -2.23. The van der Waals surface area contributed by atoms with Crippen molar-refractivity contribution in [1.82, 2.24) is 0 Å². The number of ether oxygens (including phenoxy) is 4. The number of hydrogen-bond acceptors (Lipinski definition) is 7. The van der Waals surface area contributed by atoms with Crippen molar-refractivity contribution in [1.29, 1.82) is 0 Å². The summed E-state index contributed by atoms with van der Waals surface area (Å²) >= 11 is 0. The molecular formula is C22H18F2O8. The van der Waals surface area contributed by atoms with Crippen LogP contribution in [0.2, 0.25) is 0 Å². The van der Waals surface area contributed by atoms with Crippen LogP contribution in [-0.2, 0) is 23.7 Å². The predicted molar refractivity (Wildman–Crippen MR) is 104 cm³/mol. The molecular weight excluding hydrogens is 430 g/mol. The fraction of sp³-hybridized carbons (Fsp3) is 0.227. The average molecular weight is 448 g/mol. The molecule has 1 fully saturated rings. The van der Waals surface area contributed by atoms with Crippen molar-refractivity contribution in [2.24, 2.45) is 0 Å². The highest BCUT2D eigenvalue weighted by Crippen LogP contribution is 2.39. The zero-order valence-electron chi connectivity index (χ0n) is 16.4. The molecule has 1 aliphatic heterocycles. The number of carboxylic acids is 1. The number of alkyl halides is 2. The van der Waals surface area contributed by atoms with Gasteiger partial charge in [-0.05, 0) is 24.3 Å². The Morgan fingerprint density at radius 1 is 0.969 bits per heavy atom. The van der Waals surface area contributed by atoms with Crippen LogP contribution in [0.4, 0.5) is 8.78 Å². The Labute approximate surface area is 181 Å². The van der Waals surface area contributed by atoms with Crippen molar-refractivity contribution in [3.63, 3.8) is 0 Å². The molecule has 2 aromatic carbocycles. The van der Waals surface area contributed by atoms with Crippen molar-refractivity contribution in [3.05, 3.63) is 84.1 Å². The Kier molecular flexibility index (Phi) is 7.16. The first kappa shape index (κ1) is 22.9. The fourth-order valence-corrected chi connectivity index (χ4v) is 2.85. The van der Waals surface area contributed by atoms with Gasteiger partial charge in [-0.15, -0.1) is 0 Å². The second kappa shape index (κ2) is 10.0. The van der Waals surface area contributed by atoms with Crippen molar-refractivity contribution >= 4 is 17.9 Å². The minimum absolute atomic E-state index is 0.0264. The van der Waals surface area contributed by atoms with Crippen LogP contribution in [0.1, 0.15) is 20.7 Å². The van der Waals surface area contributed by atoms with Crippen LogP contribution in [-0.4, -0.2) is 54.0 Å². The molecule has 3 atom stereocenters. The van der Waals surface area contributed by atoms with Gasteiger partial charge >= 0.3 is 23.8 Å². The number of hydrogen-bond donors (Lipinski definition) is 1. The molecule has 0 saturated carbocycles. The van der Waals surface area contributed by atoms with Gasteiger partial charge in [0.2, 0.25) is 6.10 Å². The Balaban J connectivity index is 1.76. The Hall–Kier alpha value is -3.79. The number of halogens is 2. The number of benzene rings is 2. The molecule has 32 heavy (non-hydrogen) atoms. The number of carboxylic acid groups (broad SMARTS) is 1. The van der Waals surface area contributed by atoms with Gasteiger partial charge in [-0.25, -0.2) is 14.4 Å². The molecule has 1 aliphatic rings. The van der Waals surface area contributed by atoms with Crippen LogP contribution >= 0.6 is 0 Å². The molecule has 0 aromatic heterocycles. The number of carbonyl (C=O) groups excluding carboxylic acids is 2. The summed E-state index contributed by atoms with van der Waals surface area (Å²) in [6.45, 7) is -0.668. The van der Waals surface area contributed by atoms with E-state index in [1.54, 1.807) is 24.3 Å². The fourth-order valence-electron chi connectivity index (χ4n) is 2.85. The normalized spacial score (nSPS) is 21.8. The summed E-state index contributed by atoms with van der Waals surface area (Å²) in [5, 5.41) is 8.60. The van der Waals surface area contributed by atoms with Crippen LogP contribution in [0.5, 0.6) is 0 Å². The van der Waals surface area contributed by atoms with Crippen molar-refractivity contribution < 1.29 is 47.2 Å². The van der Waals surface area contributed by atoms with Crippen LogP contribution in [0, 0.1) is 0 Å². The van der Waals surface area contributed by atoms with E-state index in [0.29, 0.717) is 12.3 Å². The molecule has 1 heterocycles. The SMILES string of the molecule is O=C(O)C=COC1O[C@H](COC(=O)c2ccccc2)[C@@H](OC(=O)c2ccccc2)C1(F)F. The van der Waals surface area contributed by atoms with E-state index in [9.17, 15) is 23.2 Å². The lowest BCUT2D eigenvalue weighted by atomic mass is 10.1. The molecule has 0 spiro atoms. The minimum atomic E-state index is -3.88. The highest BCUT2D eigenvalue weighted by molar-refractivity contribution is 5.90. The summed E-state index contributed by atoms with van der Waals surface area (Å²) in [5.41, 5.74) is 0.214. The Morgan fingerprint density at radius 2 is 1.53 bits per heavy atom. The first-order chi connectivity index (χ1) is 15.3. The predicted octanol–water partition coefficient (Wildman–Crippen LogP) is 3.04. The average Bonchev–Trinajstić information content (AvgIpc) is 3.02. The van der Waals surface area contributed by atoms with E-state index in [-0.39, 0.29) is 11.1 Å². The van der Waals surface area contributed by atoms with Gasteiger partial charge in [0.1, 0.15) is 12.7 Å². The number of rotatable bonds is 8. The molecule has 1 N–H and O–H groups in total. The maximum atomic E-state index is 14.9. The van der Waals surface area contributed by atoms with E-state index in [1.165, 1.54) is 36.4 Å². The lowest BCUT2D eigenvalue weighted by Crippen LogP contribution is -2.44. The van der Waals surface area contributed by atoms with E-state index in [2.05, 4.69) is 0 Å². The third kappa shape index (κ3) is 5.46. The minimum Gasteiger partial charge on any atom is -0.478 e. The quantitative estimate of drug-likeness (QED) is 0.373. The maximum Gasteiger partial charge on any atom is 0.347 e. The van der Waals surface area contributed by atoms with Gasteiger partial charge in [0, 0.05) is 0 Å². The zero-order chi connectivity index (χ0) is 23.1. The van der Waals surface area contributed by atoms with E-state index < -0.39 is 48.9 Å². The van der Waals surface area contributed by atoms with Gasteiger partial charge in [0.25, 0.3) is 6.29 Å². The summed E-state index contributed by atoms with van der Waals surface area (Å²) in [5.74, 6) is -7.13. The highest BCUT2D eigenvalue weighted by atomic mass is 19.3. The van der Waals surface area contributed by atoms with Crippen LogP contribution in [0.25, 0.3) is 0 Å². The summed E-state index contributed by atoms with van der Waals surface area (Å²) in [6, 6.07) is 15.3. The van der Waals surface area contributed by atoms with E-state index >= 15 is 0 Å². The largest absolute Gasteiger partial charge is 0.478 e. The van der Waals surface area contributed by atoms with E-state index in [1.807, 2.05) is 0 Å². The van der Waals surface area contributed by atoms with Gasteiger partial charge in [0.05, 0.1) is 23.5 Å². The first-order valence-corrected chi connectivity index (χ1v) is 9.35. The molecule has 2 aromatic rings. The van der Waals surface area contributed by atoms with Gasteiger partial charge in [-0.1, -0.05) is 36.4 Å². The lowest BCUT2D eigenvalue weighted by molar-refractivity contribution is -0.202.